The summed E-state index contributed by atoms with van der Waals surface area (Å²) in [7, 11) is 5.46. The van der Waals surface area contributed by atoms with Crippen LogP contribution in [0, 0.1) is 0 Å². The third-order valence-corrected chi connectivity index (χ3v) is 5.55. The average molecular weight is 381 g/mol. The average Bonchev–Trinajstić information content (AvgIpc) is 2.98. The van der Waals surface area contributed by atoms with Gasteiger partial charge in [-0.05, 0) is 15.9 Å². The fourth-order valence-electron chi connectivity index (χ4n) is 2.60. The third-order valence-electron chi connectivity index (χ3n) is 3.62. The van der Waals surface area contributed by atoms with Crippen molar-refractivity contribution in [1.82, 2.24) is 0 Å². The molecule has 0 aromatic heterocycles. The van der Waals surface area contributed by atoms with Gasteiger partial charge in [-0.3, -0.25) is 0 Å². The molecule has 7 heteroatoms. The molecule has 0 unspecified atom stereocenters. The first-order valence-corrected chi connectivity index (χ1v) is 8.61. The molecule has 0 amide bonds. The van der Waals surface area contributed by atoms with Crippen molar-refractivity contribution in [1.29, 1.82) is 0 Å². The molecule has 116 valence electrons. The van der Waals surface area contributed by atoms with Crippen LogP contribution in [0.15, 0.2) is 10.5 Å². The van der Waals surface area contributed by atoms with Gasteiger partial charge in [0.25, 0.3) is 0 Å². The van der Waals surface area contributed by atoms with E-state index in [1.54, 1.807) is 20.3 Å². The Morgan fingerprint density at radius 2 is 1.73 bits per heavy atom. The molecule has 4 nitrogen and oxygen atoms in total. The summed E-state index contributed by atoms with van der Waals surface area (Å²) in [6.07, 6.45) is 4.65. The van der Waals surface area contributed by atoms with Gasteiger partial charge in [0.15, 0.2) is 11.5 Å². The molecule has 1 aromatic rings. The second kappa shape index (κ2) is 9.18. The fourth-order valence-corrected chi connectivity index (χ4v) is 4.46. The summed E-state index contributed by atoms with van der Waals surface area (Å²) in [4.78, 5) is 12.7. The van der Waals surface area contributed by atoms with Crippen molar-refractivity contribution in [3.63, 3.8) is 0 Å². The van der Waals surface area contributed by atoms with E-state index >= 15 is 0 Å². The van der Waals surface area contributed by atoms with Crippen molar-refractivity contribution < 1.29 is 37.9 Å². The van der Waals surface area contributed by atoms with Crippen LogP contribution in [0.3, 0.4) is 0 Å². The maximum atomic E-state index is 12.7. The second-order valence-electron chi connectivity index (χ2n) is 4.87. The van der Waals surface area contributed by atoms with E-state index < -0.39 is 0 Å². The van der Waals surface area contributed by atoms with E-state index in [0.717, 1.165) is 21.4 Å². The van der Waals surface area contributed by atoms with E-state index in [-0.39, 0.29) is 24.4 Å². The summed E-state index contributed by atoms with van der Waals surface area (Å²) in [5, 5.41) is 0. The molecule has 1 aliphatic carbocycles. The Bertz CT molecular complexity index is 533. The molecule has 1 saturated carbocycles. The summed E-state index contributed by atoms with van der Waals surface area (Å²) in [5.74, 6) is 1.46. The first-order chi connectivity index (χ1) is 10.1. The molecule has 2 rings (SSSR count). The van der Waals surface area contributed by atoms with Gasteiger partial charge >= 0.3 is 18.9 Å². The molecule has 0 saturated heterocycles. The molecule has 0 radical (unpaired) electrons. The van der Waals surface area contributed by atoms with Gasteiger partial charge in [-0.25, -0.2) is 0 Å². The number of ether oxygens (including phenoxy) is 3. The number of methoxy groups -OCH3 is 3. The molecule has 1 aliphatic rings. The molecule has 0 atom stereocenters. The summed E-state index contributed by atoms with van der Waals surface area (Å²) in [6, 6.07) is 1.75. The number of carbonyl (C=O) groups is 1. The van der Waals surface area contributed by atoms with Gasteiger partial charge in [0.05, 0.1) is 31.4 Å². The van der Waals surface area contributed by atoms with Crippen LogP contribution in [-0.4, -0.2) is 32.5 Å². The van der Waals surface area contributed by atoms with Gasteiger partial charge in [-0.1, -0.05) is 25.7 Å². The van der Waals surface area contributed by atoms with Crippen LogP contribution in [0.1, 0.15) is 36.0 Å². The molecule has 0 bridgehead atoms. The zero-order chi connectivity index (χ0) is 15.4. The standard InChI is InChI=1S/C15H19BrO4P.Li/c1-18-11-8-10(16)13(19-2)12(14(11)20-3)15(17)21-9-6-4-5-7-9;/h8-9H,4-7H2,1-3H3;/q-1;+1. The van der Waals surface area contributed by atoms with Crippen molar-refractivity contribution in [3.8, 4) is 17.2 Å². The predicted octanol–water partition coefficient (Wildman–Crippen LogP) is 1.51. The first kappa shape index (κ1) is 19.8. The van der Waals surface area contributed by atoms with Gasteiger partial charge in [-0.15, -0.1) is 0 Å². The van der Waals surface area contributed by atoms with E-state index in [4.69, 9.17) is 14.2 Å². The van der Waals surface area contributed by atoms with Crippen molar-refractivity contribution in [2.75, 3.05) is 21.3 Å². The van der Waals surface area contributed by atoms with Crippen LogP contribution in [0.25, 0.3) is 0 Å². The van der Waals surface area contributed by atoms with E-state index in [0.29, 0.717) is 32.9 Å². The summed E-state index contributed by atoms with van der Waals surface area (Å²) in [6.45, 7) is 0. The monoisotopic (exact) mass is 380 g/mol. The van der Waals surface area contributed by atoms with Crippen LogP contribution in [0.4, 0.5) is 0 Å². The minimum atomic E-state index is 0. The Balaban J connectivity index is 0.00000242. The Labute approximate surface area is 153 Å². The fraction of sp³-hybridized carbons (Fsp3) is 0.533. The van der Waals surface area contributed by atoms with Crippen molar-refractivity contribution in [3.05, 3.63) is 16.1 Å². The van der Waals surface area contributed by atoms with Gasteiger partial charge in [0, 0.05) is 11.6 Å². The van der Waals surface area contributed by atoms with E-state index in [2.05, 4.69) is 15.9 Å². The molecule has 0 heterocycles. The van der Waals surface area contributed by atoms with Gasteiger partial charge in [-0.2, -0.15) is 5.66 Å². The normalized spacial score (nSPS) is 14.9. The third kappa shape index (κ3) is 4.20. The summed E-state index contributed by atoms with van der Waals surface area (Å²) in [5.41, 5.74) is 0.923. The van der Waals surface area contributed by atoms with Crippen LogP contribution in [0.5, 0.6) is 17.2 Å². The van der Waals surface area contributed by atoms with Crippen molar-refractivity contribution >= 4 is 30.0 Å². The quantitative estimate of drug-likeness (QED) is 0.554. The Hall–Kier alpha value is -0.203. The first-order valence-electron chi connectivity index (χ1n) is 6.86. The van der Waals surface area contributed by atoms with E-state index in [1.165, 1.54) is 20.0 Å². The summed E-state index contributed by atoms with van der Waals surface area (Å²) < 4.78 is 16.8. The Morgan fingerprint density at radius 1 is 1.14 bits per heavy atom. The van der Waals surface area contributed by atoms with Gasteiger partial charge < -0.3 is 27.6 Å². The van der Waals surface area contributed by atoms with Gasteiger partial charge in [0.1, 0.15) is 5.75 Å². The number of halogens is 1. The number of hydrogen-bond donors (Lipinski definition) is 0. The van der Waals surface area contributed by atoms with E-state index in [9.17, 15) is 4.79 Å². The Morgan fingerprint density at radius 3 is 2.23 bits per heavy atom. The number of rotatable bonds is 6. The SMILES string of the molecule is COc1cc(Br)c(OC)c(C(=O)[P-]C2CCCC2)c1OC.[Li+]. The van der Waals surface area contributed by atoms with E-state index in [1.807, 2.05) is 0 Å². The maximum Gasteiger partial charge on any atom is 1.00 e. The zero-order valence-electron chi connectivity index (χ0n) is 13.4. The van der Waals surface area contributed by atoms with Crippen LogP contribution in [0.2, 0.25) is 0 Å². The maximum absolute atomic E-state index is 12.7. The Kier molecular flexibility index (Phi) is 8.28. The summed E-state index contributed by atoms with van der Waals surface area (Å²) >= 11 is 3.43. The molecular formula is C15H19BrLiO4P. The number of benzene rings is 1. The van der Waals surface area contributed by atoms with Crippen LogP contribution in [-0.2, 0) is 0 Å². The van der Waals surface area contributed by atoms with Gasteiger partial charge in [0.2, 0.25) is 0 Å². The largest absolute Gasteiger partial charge is 1.00 e. The minimum Gasteiger partial charge on any atom is -0.495 e. The zero-order valence-corrected chi connectivity index (χ0v) is 15.9. The number of carbonyl (C=O) groups excluding carboxylic acids is 1. The molecule has 1 fully saturated rings. The smallest absolute Gasteiger partial charge is 0.495 e. The van der Waals surface area contributed by atoms with Crippen LogP contribution >= 0.6 is 24.5 Å². The van der Waals surface area contributed by atoms with Crippen LogP contribution < -0.4 is 33.1 Å². The molecule has 22 heavy (non-hydrogen) atoms. The molecule has 0 aliphatic heterocycles. The van der Waals surface area contributed by atoms with Crippen molar-refractivity contribution in [2.45, 2.75) is 31.3 Å². The molecular weight excluding hydrogens is 362 g/mol. The minimum absolute atomic E-state index is 0. The number of hydrogen-bond acceptors (Lipinski definition) is 4. The molecule has 0 spiro atoms. The van der Waals surface area contributed by atoms with Crippen molar-refractivity contribution in [2.24, 2.45) is 0 Å². The second-order valence-corrected chi connectivity index (χ2v) is 7.12. The topological polar surface area (TPSA) is 44.8 Å². The predicted molar refractivity (Wildman–Crippen MR) is 87.3 cm³/mol. The molecule has 1 aromatic carbocycles. The molecule has 0 N–H and O–H groups in total.